The minimum Gasteiger partial charge on any atom is -0.462 e. The lowest BCUT2D eigenvalue weighted by Crippen LogP contribution is -2.09. The van der Waals surface area contributed by atoms with E-state index in [-0.39, 0.29) is 16.6 Å². The molecule has 5 heteroatoms. The summed E-state index contributed by atoms with van der Waals surface area (Å²) in [7, 11) is 0. The van der Waals surface area contributed by atoms with Crippen LogP contribution in [0, 0.1) is 3.57 Å². The van der Waals surface area contributed by atoms with Crippen molar-refractivity contribution in [3.8, 4) is 0 Å². The van der Waals surface area contributed by atoms with Gasteiger partial charge in [-0.05, 0) is 54.1 Å². The zero-order chi connectivity index (χ0) is 13.0. The quantitative estimate of drug-likeness (QED) is 0.433. The summed E-state index contributed by atoms with van der Waals surface area (Å²) in [6, 6.07) is 5.32. The fraction of sp³-hybridized carbons (Fsp3) is 0.333. The van der Waals surface area contributed by atoms with Gasteiger partial charge in [-0.2, -0.15) is 0 Å². The van der Waals surface area contributed by atoms with E-state index in [9.17, 15) is 9.59 Å². The summed E-state index contributed by atoms with van der Waals surface area (Å²) in [4.78, 5) is 22.6. The number of halogens is 2. The van der Waals surface area contributed by atoms with Crippen LogP contribution in [0.15, 0.2) is 18.2 Å². The molecule has 0 aliphatic carbocycles. The average molecular weight is 411 g/mol. The van der Waals surface area contributed by atoms with Crippen molar-refractivity contribution in [3.05, 3.63) is 32.9 Å². The first-order valence-corrected chi connectivity index (χ1v) is 7.08. The van der Waals surface area contributed by atoms with Crippen LogP contribution in [0.5, 0.6) is 0 Å². The summed E-state index contributed by atoms with van der Waals surface area (Å²) < 4.78 is 5.77. The minimum absolute atomic E-state index is 0.000942. The molecule has 0 N–H and O–H groups in total. The number of ether oxygens (including phenoxy) is 1. The summed E-state index contributed by atoms with van der Waals surface area (Å²) in [6.07, 6.45) is 0. The Hall–Kier alpha value is -0.430. The highest BCUT2D eigenvalue weighted by Crippen LogP contribution is 2.26. The first kappa shape index (κ1) is 14.6. The molecule has 0 fully saturated rings. The highest BCUT2D eigenvalue weighted by Gasteiger charge is 2.17. The second-order valence-electron chi connectivity index (χ2n) is 3.43. The second-order valence-corrected chi connectivity index (χ2v) is 5.51. The van der Waals surface area contributed by atoms with Gasteiger partial charge >= 0.3 is 5.97 Å². The van der Waals surface area contributed by atoms with Crippen molar-refractivity contribution in [1.82, 2.24) is 0 Å². The van der Waals surface area contributed by atoms with Gasteiger partial charge in [0.05, 0.1) is 17.0 Å². The van der Waals surface area contributed by atoms with Crippen LogP contribution < -0.4 is 0 Å². The Morgan fingerprint density at radius 2 is 2.12 bits per heavy atom. The lowest BCUT2D eigenvalue weighted by atomic mass is 10.1. The largest absolute Gasteiger partial charge is 0.462 e. The summed E-state index contributed by atoms with van der Waals surface area (Å²) in [5.74, 6) is -0.358. The van der Waals surface area contributed by atoms with Gasteiger partial charge in [-0.15, -0.1) is 0 Å². The average Bonchev–Trinajstić information content (AvgIpc) is 2.28. The van der Waals surface area contributed by atoms with E-state index in [1.54, 1.807) is 19.1 Å². The number of rotatable bonds is 4. The topological polar surface area (TPSA) is 43.4 Å². The van der Waals surface area contributed by atoms with Crippen molar-refractivity contribution < 1.29 is 14.3 Å². The monoisotopic (exact) mass is 410 g/mol. The lowest BCUT2D eigenvalue weighted by Gasteiger charge is -2.10. The fourth-order valence-electron chi connectivity index (χ4n) is 1.30. The van der Waals surface area contributed by atoms with Gasteiger partial charge in [0.25, 0.3) is 0 Å². The zero-order valence-corrected chi connectivity index (χ0v) is 13.2. The van der Waals surface area contributed by atoms with Gasteiger partial charge in [0, 0.05) is 3.57 Å². The summed E-state index contributed by atoms with van der Waals surface area (Å²) >= 11 is 5.36. The molecular formula is C12H12BrIO3. The first-order valence-electron chi connectivity index (χ1n) is 5.08. The Balaban J connectivity index is 3.10. The third kappa shape index (κ3) is 3.77. The van der Waals surface area contributed by atoms with Gasteiger partial charge in [0.15, 0.2) is 0 Å². The molecule has 1 rings (SSSR count). The molecule has 3 nitrogen and oxygen atoms in total. The van der Waals surface area contributed by atoms with E-state index < -0.39 is 0 Å². The smallest absolute Gasteiger partial charge is 0.339 e. The fourth-order valence-corrected chi connectivity index (χ4v) is 2.14. The second kappa shape index (κ2) is 6.49. The molecule has 1 aromatic carbocycles. The zero-order valence-electron chi connectivity index (χ0n) is 9.50. The standard InChI is InChI=1S/C12H12BrIO3/c1-3-17-12(16)9-6-8(4-5-10(9)14)11(13)7(2)15/h4-6,11H,3H2,1-2H3. The maximum absolute atomic E-state index is 11.7. The Kier molecular flexibility index (Phi) is 5.58. The molecule has 0 saturated carbocycles. The molecule has 17 heavy (non-hydrogen) atoms. The molecule has 0 aliphatic heterocycles. The number of Topliss-reactive ketones (excluding diaryl/α,β-unsaturated/α-hetero) is 1. The van der Waals surface area contributed by atoms with E-state index >= 15 is 0 Å². The highest BCUT2D eigenvalue weighted by atomic mass is 127. The van der Waals surface area contributed by atoms with Crippen LogP contribution in [0.4, 0.5) is 0 Å². The number of ketones is 1. The van der Waals surface area contributed by atoms with E-state index in [4.69, 9.17) is 4.74 Å². The highest BCUT2D eigenvalue weighted by molar-refractivity contribution is 14.1. The predicted molar refractivity (Wildman–Crippen MR) is 77.5 cm³/mol. The van der Waals surface area contributed by atoms with Crippen LogP contribution in [0.3, 0.4) is 0 Å². The van der Waals surface area contributed by atoms with Crippen molar-refractivity contribution >= 4 is 50.3 Å². The van der Waals surface area contributed by atoms with Gasteiger partial charge < -0.3 is 4.74 Å². The molecule has 1 unspecified atom stereocenters. The number of hydrogen-bond acceptors (Lipinski definition) is 3. The molecular weight excluding hydrogens is 399 g/mol. The molecule has 92 valence electrons. The Bertz CT molecular complexity index is 445. The van der Waals surface area contributed by atoms with E-state index in [2.05, 4.69) is 38.5 Å². The van der Waals surface area contributed by atoms with Crippen molar-refractivity contribution in [2.75, 3.05) is 6.61 Å². The van der Waals surface area contributed by atoms with Gasteiger partial charge in [-0.25, -0.2) is 4.79 Å². The summed E-state index contributed by atoms with van der Waals surface area (Å²) in [5.41, 5.74) is 1.26. The molecule has 1 aromatic rings. The van der Waals surface area contributed by atoms with E-state index in [0.29, 0.717) is 12.2 Å². The molecule has 0 aliphatic rings. The van der Waals surface area contributed by atoms with Crippen molar-refractivity contribution in [2.45, 2.75) is 18.7 Å². The van der Waals surface area contributed by atoms with Crippen LogP contribution in [0.2, 0.25) is 0 Å². The summed E-state index contributed by atoms with van der Waals surface area (Å²) in [6.45, 7) is 3.60. The van der Waals surface area contributed by atoms with Crippen molar-refractivity contribution in [2.24, 2.45) is 0 Å². The van der Waals surface area contributed by atoms with E-state index in [1.165, 1.54) is 6.92 Å². The van der Waals surface area contributed by atoms with Gasteiger partial charge in [0.2, 0.25) is 0 Å². The molecule has 0 radical (unpaired) electrons. The van der Waals surface area contributed by atoms with Crippen LogP contribution in [0.25, 0.3) is 0 Å². The molecule has 0 aromatic heterocycles. The molecule has 0 amide bonds. The third-order valence-corrected chi connectivity index (χ3v) is 4.25. The van der Waals surface area contributed by atoms with Crippen LogP contribution in [0.1, 0.15) is 34.6 Å². The molecule has 0 spiro atoms. The number of carbonyl (C=O) groups excluding carboxylic acids is 2. The van der Waals surface area contributed by atoms with E-state index in [0.717, 1.165) is 9.13 Å². The SMILES string of the molecule is CCOC(=O)c1cc(C(Br)C(C)=O)ccc1I. The Morgan fingerprint density at radius 3 is 2.65 bits per heavy atom. The predicted octanol–water partition coefficient (Wildman–Crippen LogP) is 3.49. The molecule has 0 bridgehead atoms. The molecule has 0 saturated heterocycles. The minimum atomic E-state index is -0.382. The normalized spacial score (nSPS) is 12.0. The number of hydrogen-bond donors (Lipinski definition) is 0. The van der Waals surface area contributed by atoms with Crippen LogP contribution >= 0.6 is 38.5 Å². The molecule has 0 heterocycles. The number of alkyl halides is 1. The van der Waals surface area contributed by atoms with Crippen LogP contribution in [-0.4, -0.2) is 18.4 Å². The van der Waals surface area contributed by atoms with Crippen molar-refractivity contribution in [1.29, 1.82) is 0 Å². The lowest BCUT2D eigenvalue weighted by molar-refractivity contribution is -0.116. The molecule has 1 atom stereocenters. The first-order chi connectivity index (χ1) is 7.97. The summed E-state index contributed by atoms with van der Waals surface area (Å²) in [5, 5.41) is 0. The van der Waals surface area contributed by atoms with Crippen molar-refractivity contribution in [3.63, 3.8) is 0 Å². The van der Waals surface area contributed by atoms with Gasteiger partial charge in [-0.1, -0.05) is 22.0 Å². The Morgan fingerprint density at radius 1 is 1.47 bits per heavy atom. The third-order valence-electron chi connectivity index (χ3n) is 2.14. The number of benzene rings is 1. The Labute approximate surface area is 122 Å². The van der Waals surface area contributed by atoms with Crippen LogP contribution in [-0.2, 0) is 9.53 Å². The maximum atomic E-state index is 11.7. The number of esters is 1. The number of carbonyl (C=O) groups is 2. The van der Waals surface area contributed by atoms with Gasteiger partial charge in [-0.3, -0.25) is 4.79 Å². The van der Waals surface area contributed by atoms with Gasteiger partial charge in [0.1, 0.15) is 5.78 Å². The van der Waals surface area contributed by atoms with E-state index in [1.807, 2.05) is 6.07 Å². The maximum Gasteiger partial charge on any atom is 0.339 e.